The summed E-state index contributed by atoms with van der Waals surface area (Å²) in [7, 11) is 1.86. The van der Waals surface area contributed by atoms with Crippen LogP contribution in [-0.4, -0.2) is 32.8 Å². The van der Waals surface area contributed by atoms with Gasteiger partial charge in [0.05, 0.1) is 5.60 Å². The first-order chi connectivity index (χ1) is 17.9. The van der Waals surface area contributed by atoms with E-state index in [1.165, 1.54) is 16.8 Å². The lowest BCUT2D eigenvalue weighted by Gasteiger charge is -2.40. The van der Waals surface area contributed by atoms with Crippen LogP contribution in [0.1, 0.15) is 69.9 Å². The van der Waals surface area contributed by atoms with E-state index in [0.29, 0.717) is 17.7 Å². The molecule has 200 valence electrons. The maximum absolute atomic E-state index is 6.05. The van der Waals surface area contributed by atoms with Gasteiger partial charge in [0.25, 0.3) is 0 Å². The monoisotopic (exact) mass is 501 g/mol. The van der Waals surface area contributed by atoms with E-state index in [0.717, 1.165) is 57.3 Å². The molecule has 1 unspecified atom stereocenters. The zero-order valence-corrected chi connectivity index (χ0v) is 23.4. The number of rotatable bonds is 13. The molecule has 37 heavy (non-hydrogen) atoms. The fraction of sp³-hybridized carbons (Fsp3) is 0.455. The summed E-state index contributed by atoms with van der Waals surface area (Å²) >= 11 is 0. The van der Waals surface area contributed by atoms with Gasteiger partial charge in [0, 0.05) is 44.2 Å². The maximum Gasteiger partial charge on any atom is 0.0928 e. The molecule has 2 aromatic rings. The molecule has 0 amide bonds. The van der Waals surface area contributed by atoms with E-state index in [2.05, 4.69) is 110 Å². The van der Waals surface area contributed by atoms with Crippen molar-refractivity contribution in [3.8, 4) is 0 Å². The van der Waals surface area contributed by atoms with Crippen molar-refractivity contribution in [2.24, 2.45) is 5.73 Å². The molecule has 0 bridgehead atoms. The minimum atomic E-state index is -0.130. The maximum atomic E-state index is 6.05. The van der Waals surface area contributed by atoms with Crippen molar-refractivity contribution in [1.29, 1.82) is 0 Å². The van der Waals surface area contributed by atoms with Crippen LogP contribution in [0.15, 0.2) is 90.7 Å². The number of anilines is 1. The Labute approximate surface area is 225 Å². The predicted molar refractivity (Wildman–Crippen MR) is 159 cm³/mol. The van der Waals surface area contributed by atoms with Crippen molar-refractivity contribution in [3.05, 3.63) is 102 Å². The van der Waals surface area contributed by atoms with Gasteiger partial charge in [-0.1, -0.05) is 81.1 Å². The molecular formula is C33H47N3O. The van der Waals surface area contributed by atoms with Crippen LogP contribution in [0.5, 0.6) is 0 Å². The van der Waals surface area contributed by atoms with Crippen LogP contribution in [-0.2, 0) is 10.3 Å². The van der Waals surface area contributed by atoms with Crippen LogP contribution >= 0.6 is 0 Å². The fourth-order valence-corrected chi connectivity index (χ4v) is 5.39. The number of nitrogens with two attached hydrogens (primary N) is 1. The van der Waals surface area contributed by atoms with E-state index >= 15 is 0 Å². The standard InChI is InChI=1S/C33H47N3O/c1-6-11-29(27(4)34)15-14-26(3)28-16-18-32(19-17-28)36(7-2)25-24-35-31-20-22-33(37-5,23-21-31)30-12-9-8-10-13-30/h8-19,26,31,35H,4,6-7,20-25,34H2,1-3,5H3/b15-14-,29-11+. The van der Waals surface area contributed by atoms with Crippen molar-refractivity contribution in [1.82, 2.24) is 5.32 Å². The minimum absolute atomic E-state index is 0.130. The van der Waals surface area contributed by atoms with Crippen LogP contribution in [0.25, 0.3) is 0 Å². The van der Waals surface area contributed by atoms with Crippen LogP contribution < -0.4 is 16.0 Å². The quantitative estimate of drug-likeness (QED) is 0.289. The number of nitrogens with one attached hydrogen (secondary N) is 1. The Kier molecular flexibility index (Phi) is 11.0. The van der Waals surface area contributed by atoms with E-state index in [4.69, 9.17) is 10.5 Å². The Morgan fingerprint density at radius 3 is 2.38 bits per heavy atom. The number of allylic oxidation sites excluding steroid dienone is 3. The van der Waals surface area contributed by atoms with Crippen molar-refractivity contribution in [2.75, 3.05) is 31.6 Å². The Morgan fingerprint density at radius 2 is 1.81 bits per heavy atom. The Bertz CT molecular complexity index is 1020. The highest BCUT2D eigenvalue weighted by atomic mass is 16.5. The molecular weight excluding hydrogens is 454 g/mol. The molecule has 0 spiro atoms. The molecule has 0 heterocycles. The van der Waals surface area contributed by atoms with Crippen LogP contribution in [0, 0.1) is 0 Å². The van der Waals surface area contributed by atoms with Gasteiger partial charge in [-0.05, 0) is 73.8 Å². The fourth-order valence-electron chi connectivity index (χ4n) is 5.39. The average Bonchev–Trinajstić information content (AvgIpc) is 2.94. The van der Waals surface area contributed by atoms with Crippen LogP contribution in [0.2, 0.25) is 0 Å². The first-order valence-electron chi connectivity index (χ1n) is 13.9. The molecule has 0 aliphatic heterocycles. The Morgan fingerprint density at radius 1 is 1.14 bits per heavy atom. The van der Waals surface area contributed by atoms with E-state index in [-0.39, 0.29) is 5.60 Å². The lowest BCUT2D eigenvalue weighted by atomic mass is 9.77. The smallest absolute Gasteiger partial charge is 0.0928 e. The number of likely N-dealkylation sites (N-methyl/N-ethyl adjacent to an activating group) is 1. The SMILES string of the molecule is C=C(N)C(/C=C\C(C)c1ccc(N(CC)CCNC2CCC(OC)(c3ccccc3)CC2)cc1)=C/CC. The van der Waals surface area contributed by atoms with Gasteiger partial charge in [-0.2, -0.15) is 0 Å². The first-order valence-corrected chi connectivity index (χ1v) is 13.9. The lowest BCUT2D eigenvalue weighted by Crippen LogP contribution is -2.43. The summed E-state index contributed by atoms with van der Waals surface area (Å²) in [4.78, 5) is 2.45. The van der Waals surface area contributed by atoms with E-state index in [9.17, 15) is 0 Å². The third-order valence-electron chi connectivity index (χ3n) is 7.82. The summed E-state index contributed by atoms with van der Waals surface area (Å²) in [5.41, 5.74) is 11.3. The summed E-state index contributed by atoms with van der Waals surface area (Å²) in [5.74, 6) is 0.312. The minimum Gasteiger partial charge on any atom is -0.399 e. The van der Waals surface area contributed by atoms with Crippen LogP contribution in [0.3, 0.4) is 0 Å². The van der Waals surface area contributed by atoms with Crippen molar-refractivity contribution < 1.29 is 4.74 Å². The summed E-state index contributed by atoms with van der Waals surface area (Å²) in [6, 6.07) is 20.3. The number of nitrogens with zero attached hydrogens (tertiary/aromatic N) is 1. The predicted octanol–water partition coefficient (Wildman–Crippen LogP) is 7.06. The summed E-state index contributed by atoms with van der Waals surface area (Å²) in [6.07, 6.45) is 11.8. The van der Waals surface area contributed by atoms with Crippen molar-refractivity contribution in [3.63, 3.8) is 0 Å². The normalized spacial score (nSPS) is 21.2. The van der Waals surface area contributed by atoms with E-state index in [1.54, 1.807) is 0 Å². The third kappa shape index (κ3) is 7.83. The molecule has 1 atom stereocenters. The van der Waals surface area contributed by atoms with Gasteiger partial charge >= 0.3 is 0 Å². The second-order valence-corrected chi connectivity index (χ2v) is 10.2. The second kappa shape index (κ2) is 14.2. The van der Waals surface area contributed by atoms with E-state index < -0.39 is 0 Å². The number of hydrogen-bond donors (Lipinski definition) is 2. The first kappa shape index (κ1) is 28.7. The summed E-state index contributed by atoms with van der Waals surface area (Å²) in [5, 5.41) is 3.82. The Balaban J connectivity index is 1.49. The molecule has 2 aromatic carbocycles. The van der Waals surface area contributed by atoms with Gasteiger partial charge in [0.15, 0.2) is 0 Å². The summed E-state index contributed by atoms with van der Waals surface area (Å²) in [6.45, 7) is 13.4. The highest BCUT2D eigenvalue weighted by Gasteiger charge is 2.36. The van der Waals surface area contributed by atoms with Gasteiger partial charge < -0.3 is 20.7 Å². The molecule has 1 aliphatic carbocycles. The van der Waals surface area contributed by atoms with Gasteiger partial charge in [0.2, 0.25) is 0 Å². The third-order valence-corrected chi connectivity index (χ3v) is 7.82. The molecule has 1 fully saturated rings. The summed E-state index contributed by atoms with van der Waals surface area (Å²) < 4.78 is 6.05. The van der Waals surface area contributed by atoms with Gasteiger partial charge in [0.1, 0.15) is 0 Å². The molecule has 4 nitrogen and oxygen atoms in total. The molecule has 1 aliphatic rings. The zero-order valence-electron chi connectivity index (χ0n) is 23.4. The average molecular weight is 502 g/mol. The topological polar surface area (TPSA) is 50.5 Å². The van der Waals surface area contributed by atoms with Crippen molar-refractivity contribution in [2.45, 2.75) is 70.4 Å². The number of methoxy groups -OCH3 is 1. The van der Waals surface area contributed by atoms with Crippen molar-refractivity contribution >= 4 is 5.69 Å². The highest BCUT2D eigenvalue weighted by molar-refractivity contribution is 5.48. The number of hydrogen-bond acceptors (Lipinski definition) is 4. The largest absolute Gasteiger partial charge is 0.399 e. The number of ether oxygens (including phenoxy) is 1. The van der Waals surface area contributed by atoms with Gasteiger partial charge in [-0.15, -0.1) is 0 Å². The zero-order chi connectivity index (χ0) is 26.7. The molecule has 4 heteroatoms. The van der Waals surface area contributed by atoms with E-state index in [1.807, 2.05) is 7.11 Å². The molecule has 3 rings (SSSR count). The Hall–Kier alpha value is -2.82. The van der Waals surface area contributed by atoms with Gasteiger partial charge in [-0.3, -0.25) is 0 Å². The van der Waals surface area contributed by atoms with Gasteiger partial charge in [-0.25, -0.2) is 0 Å². The van der Waals surface area contributed by atoms with Crippen LogP contribution in [0.4, 0.5) is 5.69 Å². The lowest BCUT2D eigenvalue weighted by molar-refractivity contribution is -0.0499. The molecule has 0 saturated heterocycles. The number of benzene rings is 2. The second-order valence-electron chi connectivity index (χ2n) is 10.2. The molecule has 1 saturated carbocycles. The molecule has 3 N–H and O–H groups in total. The highest BCUT2D eigenvalue weighted by Crippen LogP contribution is 2.40. The molecule has 0 aromatic heterocycles. The molecule has 0 radical (unpaired) electrons.